The maximum atomic E-state index is 12.2. The lowest BCUT2D eigenvalue weighted by atomic mass is 10.2. The molecular formula is C9H7F3OS. The minimum Gasteiger partial charge on any atom is -0.293 e. The highest BCUT2D eigenvalue weighted by Crippen LogP contribution is 2.38. The van der Waals surface area contributed by atoms with E-state index in [0.717, 1.165) is 18.9 Å². The summed E-state index contributed by atoms with van der Waals surface area (Å²) in [6, 6.07) is 2.24. The Morgan fingerprint density at radius 1 is 1.36 bits per heavy atom. The van der Waals surface area contributed by atoms with Crippen LogP contribution in [0.25, 0.3) is 0 Å². The molecule has 1 fully saturated rings. The fourth-order valence-electron chi connectivity index (χ4n) is 1.17. The second-order valence-corrected chi connectivity index (χ2v) is 4.38. The van der Waals surface area contributed by atoms with E-state index in [1.165, 1.54) is 6.07 Å². The lowest BCUT2D eigenvalue weighted by molar-refractivity contribution is -0.134. The third kappa shape index (κ3) is 1.82. The topological polar surface area (TPSA) is 17.1 Å². The molecule has 1 heterocycles. The number of ketones is 1. The largest absolute Gasteiger partial charge is 0.425 e. The minimum absolute atomic E-state index is 0.0188. The molecule has 1 nitrogen and oxygen atoms in total. The molecule has 14 heavy (non-hydrogen) atoms. The van der Waals surface area contributed by atoms with Gasteiger partial charge in [0.25, 0.3) is 0 Å². The highest BCUT2D eigenvalue weighted by molar-refractivity contribution is 7.14. The zero-order chi connectivity index (χ0) is 10.3. The SMILES string of the molecule is O=C(c1ccc(C(F)(F)F)s1)C1CC1. The average Bonchev–Trinajstić information content (AvgIpc) is 2.79. The van der Waals surface area contributed by atoms with Crippen molar-refractivity contribution in [2.75, 3.05) is 0 Å². The number of alkyl halides is 3. The van der Waals surface area contributed by atoms with Crippen LogP contribution in [0.4, 0.5) is 13.2 Å². The van der Waals surface area contributed by atoms with Gasteiger partial charge < -0.3 is 0 Å². The van der Waals surface area contributed by atoms with Crippen LogP contribution >= 0.6 is 11.3 Å². The van der Waals surface area contributed by atoms with Crippen molar-refractivity contribution in [3.05, 3.63) is 21.9 Å². The van der Waals surface area contributed by atoms with E-state index in [1.54, 1.807) is 0 Å². The zero-order valence-corrected chi connectivity index (χ0v) is 7.91. The fourth-order valence-corrected chi connectivity index (χ4v) is 2.06. The quantitative estimate of drug-likeness (QED) is 0.698. The molecule has 0 unspecified atom stereocenters. The lowest BCUT2D eigenvalue weighted by Gasteiger charge is -2.00. The van der Waals surface area contributed by atoms with E-state index in [4.69, 9.17) is 0 Å². The smallest absolute Gasteiger partial charge is 0.293 e. The Balaban J connectivity index is 2.21. The van der Waals surface area contributed by atoms with Gasteiger partial charge in [0.2, 0.25) is 0 Å². The van der Waals surface area contributed by atoms with Crippen LogP contribution < -0.4 is 0 Å². The number of carbonyl (C=O) groups is 1. The Bertz CT molecular complexity index is 362. The number of carbonyl (C=O) groups excluding carboxylic acids is 1. The summed E-state index contributed by atoms with van der Waals surface area (Å²) in [6.45, 7) is 0. The fraction of sp³-hybridized carbons (Fsp3) is 0.444. The van der Waals surface area contributed by atoms with Gasteiger partial charge in [0, 0.05) is 5.92 Å². The van der Waals surface area contributed by atoms with E-state index in [1.807, 2.05) is 0 Å². The van der Waals surface area contributed by atoms with E-state index in [2.05, 4.69) is 0 Å². The predicted molar refractivity (Wildman–Crippen MR) is 46.4 cm³/mol. The van der Waals surface area contributed by atoms with Crippen molar-refractivity contribution in [2.24, 2.45) is 5.92 Å². The van der Waals surface area contributed by atoms with Crippen molar-refractivity contribution in [2.45, 2.75) is 19.0 Å². The second kappa shape index (κ2) is 3.08. The van der Waals surface area contributed by atoms with Gasteiger partial charge in [-0.1, -0.05) is 0 Å². The Hall–Kier alpha value is -0.840. The first-order valence-corrected chi connectivity index (χ1v) is 5.01. The van der Waals surface area contributed by atoms with Gasteiger partial charge in [-0.2, -0.15) is 13.2 Å². The molecule has 1 aliphatic rings. The third-order valence-corrected chi connectivity index (χ3v) is 3.22. The molecular weight excluding hydrogens is 213 g/mol. The lowest BCUT2D eigenvalue weighted by Crippen LogP contribution is -2.01. The van der Waals surface area contributed by atoms with Crippen LogP contribution in [-0.2, 0) is 6.18 Å². The van der Waals surface area contributed by atoms with E-state index >= 15 is 0 Å². The van der Waals surface area contributed by atoms with E-state index in [9.17, 15) is 18.0 Å². The summed E-state index contributed by atoms with van der Waals surface area (Å²) in [5.41, 5.74) is 0. The summed E-state index contributed by atoms with van der Waals surface area (Å²) < 4.78 is 36.5. The monoisotopic (exact) mass is 220 g/mol. The molecule has 1 aromatic rings. The molecule has 1 saturated carbocycles. The highest BCUT2D eigenvalue weighted by atomic mass is 32.1. The molecule has 0 amide bonds. The average molecular weight is 220 g/mol. The van der Waals surface area contributed by atoms with Crippen LogP contribution in [0.3, 0.4) is 0 Å². The first-order valence-electron chi connectivity index (χ1n) is 4.20. The summed E-state index contributed by atoms with van der Waals surface area (Å²) in [7, 11) is 0. The van der Waals surface area contributed by atoms with Crippen molar-refractivity contribution >= 4 is 17.1 Å². The van der Waals surface area contributed by atoms with Gasteiger partial charge in [0.05, 0.1) is 4.88 Å². The predicted octanol–water partition coefficient (Wildman–Crippen LogP) is 3.36. The van der Waals surface area contributed by atoms with Gasteiger partial charge in [-0.05, 0) is 25.0 Å². The van der Waals surface area contributed by atoms with Crippen LogP contribution in [0.2, 0.25) is 0 Å². The Morgan fingerprint density at radius 2 is 2.00 bits per heavy atom. The van der Waals surface area contributed by atoms with E-state index in [0.29, 0.717) is 11.3 Å². The molecule has 0 aromatic carbocycles. The van der Waals surface area contributed by atoms with Crippen LogP contribution in [0.5, 0.6) is 0 Å². The van der Waals surface area contributed by atoms with Crippen molar-refractivity contribution < 1.29 is 18.0 Å². The Labute approximate surface area is 82.5 Å². The number of Topliss-reactive ketones (excluding diaryl/α,β-unsaturated/α-hetero) is 1. The zero-order valence-electron chi connectivity index (χ0n) is 7.10. The number of thiophene rings is 1. The molecule has 0 spiro atoms. The maximum absolute atomic E-state index is 12.2. The van der Waals surface area contributed by atoms with Crippen LogP contribution in [0, 0.1) is 5.92 Å². The molecule has 0 bridgehead atoms. The molecule has 0 N–H and O–H groups in total. The summed E-state index contributed by atoms with van der Waals surface area (Å²) >= 11 is 0.542. The van der Waals surface area contributed by atoms with Crippen molar-refractivity contribution in [3.8, 4) is 0 Å². The maximum Gasteiger partial charge on any atom is 0.425 e. The molecule has 0 radical (unpaired) electrons. The van der Waals surface area contributed by atoms with Gasteiger partial charge in [-0.15, -0.1) is 11.3 Å². The summed E-state index contributed by atoms with van der Waals surface area (Å²) in [5, 5.41) is 0. The van der Waals surface area contributed by atoms with Crippen molar-refractivity contribution in [3.63, 3.8) is 0 Å². The van der Waals surface area contributed by atoms with E-state index in [-0.39, 0.29) is 16.6 Å². The van der Waals surface area contributed by atoms with E-state index < -0.39 is 11.1 Å². The molecule has 0 atom stereocenters. The number of hydrogen-bond donors (Lipinski definition) is 0. The second-order valence-electron chi connectivity index (χ2n) is 3.30. The van der Waals surface area contributed by atoms with Crippen LogP contribution in [-0.4, -0.2) is 5.78 Å². The molecule has 5 heteroatoms. The van der Waals surface area contributed by atoms with Crippen LogP contribution in [0.1, 0.15) is 27.4 Å². The summed E-state index contributed by atoms with van der Waals surface area (Å²) in [4.78, 5) is 10.9. The number of halogens is 3. The van der Waals surface area contributed by atoms with Gasteiger partial charge in [0.1, 0.15) is 4.88 Å². The standard InChI is InChI=1S/C9H7F3OS/c10-9(11,12)7-4-3-6(14-7)8(13)5-1-2-5/h3-5H,1-2H2. The first kappa shape index (κ1) is 9.71. The Morgan fingerprint density at radius 3 is 2.43 bits per heavy atom. The highest BCUT2D eigenvalue weighted by Gasteiger charge is 2.36. The minimum atomic E-state index is -4.33. The molecule has 2 rings (SSSR count). The molecule has 0 aliphatic heterocycles. The number of rotatable bonds is 2. The van der Waals surface area contributed by atoms with Crippen molar-refractivity contribution in [1.29, 1.82) is 0 Å². The summed E-state index contributed by atoms with van der Waals surface area (Å²) in [5.74, 6) is -0.153. The van der Waals surface area contributed by atoms with Crippen LogP contribution in [0.15, 0.2) is 12.1 Å². The normalized spacial score (nSPS) is 17.1. The first-order chi connectivity index (χ1) is 6.48. The van der Waals surface area contributed by atoms with Gasteiger partial charge in [0.15, 0.2) is 5.78 Å². The van der Waals surface area contributed by atoms with Gasteiger partial charge in [-0.25, -0.2) is 0 Å². The van der Waals surface area contributed by atoms with Gasteiger partial charge in [-0.3, -0.25) is 4.79 Å². The summed E-state index contributed by atoms with van der Waals surface area (Å²) in [6.07, 6.45) is -2.69. The Kier molecular flexibility index (Phi) is 2.14. The molecule has 0 saturated heterocycles. The molecule has 76 valence electrons. The third-order valence-electron chi connectivity index (χ3n) is 2.08. The van der Waals surface area contributed by atoms with Crippen molar-refractivity contribution in [1.82, 2.24) is 0 Å². The molecule has 1 aromatic heterocycles. The van der Waals surface area contributed by atoms with Gasteiger partial charge >= 0.3 is 6.18 Å². The molecule has 1 aliphatic carbocycles. The number of hydrogen-bond acceptors (Lipinski definition) is 2.